The molecule has 58 heavy (non-hydrogen) atoms. The molecule has 0 amide bonds. The third-order valence-electron chi connectivity index (χ3n) is 11.0. The van der Waals surface area contributed by atoms with Crippen LogP contribution in [0.15, 0.2) is 24.2 Å². The van der Waals surface area contributed by atoms with Crippen LogP contribution in [0.1, 0.15) is 226 Å². The van der Waals surface area contributed by atoms with Crippen LogP contribution in [-0.4, -0.2) is 67.7 Å². The first-order valence-electron chi connectivity index (χ1n) is 24.3. The fraction of sp³-hybridized carbons (Fsp3) is 0.875. The van der Waals surface area contributed by atoms with E-state index in [1.54, 1.807) is 7.05 Å². The van der Waals surface area contributed by atoms with E-state index in [-0.39, 0.29) is 18.0 Å². The van der Waals surface area contributed by atoms with Crippen molar-refractivity contribution in [3.8, 4) is 0 Å². The molecule has 10 heteroatoms. The number of unbranched alkanes of at least 4 members (excludes halogenated alkanes) is 22. The molecule has 10 nitrogen and oxygen atoms in total. The zero-order valence-corrected chi connectivity index (χ0v) is 38.3. The maximum Gasteiger partial charge on any atom is 0.306 e. The van der Waals surface area contributed by atoms with Gasteiger partial charge in [0, 0.05) is 26.4 Å². The number of nitro groups is 1. The summed E-state index contributed by atoms with van der Waals surface area (Å²) >= 11 is 0. The number of carbonyl (C=O) groups is 2. The van der Waals surface area contributed by atoms with Crippen LogP contribution in [0.25, 0.3) is 0 Å². The minimum atomic E-state index is -0.448. The van der Waals surface area contributed by atoms with E-state index in [0.717, 1.165) is 129 Å². The first-order valence-corrected chi connectivity index (χ1v) is 24.3. The van der Waals surface area contributed by atoms with E-state index in [0.29, 0.717) is 31.8 Å². The number of nitrogens with one attached hydrogen (secondary N) is 2. The monoisotopic (exact) mass is 821 g/mol. The minimum Gasteiger partial charge on any atom is -0.462 e. The average Bonchev–Trinajstić information content (AvgIpc) is 3.21. The van der Waals surface area contributed by atoms with Crippen LogP contribution in [0, 0.1) is 10.1 Å². The summed E-state index contributed by atoms with van der Waals surface area (Å²) < 4.78 is 11.4. The number of hydrogen-bond acceptors (Lipinski definition) is 9. The molecule has 340 valence electrons. The highest BCUT2D eigenvalue weighted by Gasteiger charge is 2.14. The van der Waals surface area contributed by atoms with Crippen LogP contribution < -0.4 is 10.6 Å². The summed E-state index contributed by atoms with van der Waals surface area (Å²) in [4.78, 5) is 37.9. The Morgan fingerprint density at radius 2 is 1.07 bits per heavy atom. The molecule has 0 aliphatic rings. The molecule has 2 N–H and O–H groups in total. The smallest absolute Gasteiger partial charge is 0.306 e. The highest BCUT2D eigenvalue weighted by Crippen LogP contribution is 2.18. The van der Waals surface area contributed by atoms with Gasteiger partial charge in [0.1, 0.15) is 12.7 Å². The second-order valence-corrected chi connectivity index (χ2v) is 16.5. The molecule has 0 aromatic heterocycles. The van der Waals surface area contributed by atoms with Gasteiger partial charge in [0.15, 0.2) is 5.82 Å². The van der Waals surface area contributed by atoms with Gasteiger partial charge in [-0.3, -0.25) is 19.7 Å². The van der Waals surface area contributed by atoms with Gasteiger partial charge in [-0.25, -0.2) is 0 Å². The van der Waals surface area contributed by atoms with Gasteiger partial charge in [0.05, 0.1) is 4.92 Å². The lowest BCUT2D eigenvalue weighted by Crippen LogP contribution is -2.31. The standard InChI is InChI=1S/C48H92N4O6/c1-5-8-11-14-17-26-33-43-57-47(53)37-29-22-18-24-31-40-51(42-34-39-50-46(49-4)44-52(55)56)41-32-25-19-23-30-38-48(54)58-45(35-27-20-15-12-9-6-2)36-28-21-16-13-10-7-3/h26,33,44-45,49-50H,5-25,27-32,34-43H2,1-4H3/b33-26-,46-44?. The SMILES string of the molecule is CCCCCC/C=C\COC(=O)CCCCCCCN(CCCCCCCC(=O)OC(CCCCCCCC)CCCCCCCC)CCCNC(=C[N+](=O)[O-])NC. The molecule has 0 aliphatic heterocycles. The Kier molecular flexibility index (Phi) is 42.0. The molecule has 0 spiro atoms. The lowest BCUT2D eigenvalue weighted by molar-refractivity contribution is -0.404. The lowest BCUT2D eigenvalue weighted by atomic mass is 10.0. The van der Waals surface area contributed by atoms with Gasteiger partial charge >= 0.3 is 11.9 Å². The van der Waals surface area contributed by atoms with Crippen molar-refractivity contribution in [1.82, 2.24) is 15.5 Å². The summed E-state index contributed by atoms with van der Waals surface area (Å²) in [5, 5.41) is 16.9. The Morgan fingerprint density at radius 3 is 1.60 bits per heavy atom. The number of esters is 2. The Hall–Kier alpha value is -2.62. The molecule has 0 rings (SSSR count). The molecule has 0 unspecified atom stereocenters. The first-order chi connectivity index (χ1) is 28.4. The fourth-order valence-electron chi connectivity index (χ4n) is 7.34. The molecule has 0 heterocycles. The molecule has 0 bridgehead atoms. The largest absolute Gasteiger partial charge is 0.462 e. The summed E-state index contributed by atoms with van der Waals surface area (Å²) in [6, 6.07) is 0. The predicted molar refractivity (Wildman–Crippen MR) is 243 cm³/mol. The van der Waals surface area contributed by atoms with Gasteiger partial charge in [-0.1, -0.05) is 155 Å². The zero-order chi connectivity index (χ0) is 42.6. The summed E-state index contributed by atoms with van der Waals surface area (Å²) in [6.07, 6.45) is 41.0. The number of nitrogens with zero attached hydrogens (tertiary/aromatic N) is 2. The Labute approximate surface area is 357 Å². The quantitative estimate of drug-likeness (QED) is 0.0203. The Balaban J connectivity index is 4.51. The minimum absolute atomic E-state index is 0.00704. The molecule has 0 atom stereocenters. The number of carbonyl (C=O) groups excluding carboxylic acids is 2. The number of allylic oxidation sites excluding steroid dienone is 1. The highest BCUT2D eigenvalue weighted by molar-refractivity contribution is 5.69. The van der Waals surface area contributed by atoms with Gasteiger partial charge < -0.3 is 25.0 Å². The molecule has 0 saturated carbocycles. The van der Waals surface area contributed by atoms with E-state index in [1.807, 2.05) is 6.08 Å². The van der Waals surface area contributed by atoms with Crippen molar-refractivity contribution < 1.29 is 24.0 Å². The summed E-state index contributed by atoms with van der Waals surface area (Å²) in [7, 11) is 1.68. The maximum absolute atomic E-state index is 12.8. The van der Waals surface area contributed by atoms with Crippen molar-refractivity contribution in [1.29, 1.82) is 0 Å². The molecular formula is C48H92N4O6. The molecule has 0 aromatic carbocycles. The van der Waals surface area contributed by atoms with Gasteiger partial charge in [-0.15, -0.1) is 0 Å². The molecular weight excluding hydrogens is 729 g/mol. The number of ether oxygens (including phenoxy) is 2. The fourth-order valence-corrected chi connectivity index (χ4v) is 7.34. The number of hydrogen-bond donors (Lipinski definition) is 2. The van der Waals surface area contributed by atoms with Crippen molar-refractivity contribution in [2.24, 2.45) is 0 Å². The van der Waals surface area contributed by atoms with Crippen LogP contribution in [-0.2, 0) is 19.1 Å². The third-order valence-corrected chi connectivity index (χ3v) is 11.0. The van der Waals surface area contributed by atoms with Crippen LogP contribution in [0.3, 0.4) is 0 Å². The van der Waals surface area contributed by atoms with Crippen LogP contribution in [0.2, 0.25) is 0 Å². The molecule has 0 aliphatic carbocycles. The summed E-state index contributed by atoms with van der Waals surface area (Å²) in [6.45, 7) is 10.8. The predicted octanol–water partition coefficient (Wildman–Crippen LogP) is 12.7. The average molecular weight is 821 g/mol. The molecule has 0 saturated heterocycles. The van der Waals surface area contributed by atoms with Crippen LogP contribution in [0.4, 0.5) is 0 Å². The summed E-state index contributed by atoms with van der Waals surface area (Å²) in [5.41, 5.74) is 0. The van der Waals surface area contributed by atoms with E-state index < -0.39 is 4.92 Å². The number of rotatable bonds is 45. The van der Waals surface area contributed by atoms with Crippen molar-refractivity contribution in [3.05, 3.63) is 34.3 Å². The van der Waals surface area contributed by atoms with Crippen molar-refractivity contribution in [2.75, 3.05) is 39.8 Å². The topological polar surface area (TPSA) is 123 Å². The molecule has 0 fully saturated rings. The Morgan fingerprint density at radius 1 is 0.603 bits per heavy atom. The zero-order valence-electron chi connectivity index (χ0n) is 38.3. The normalized spacial score (nSPS) is 11.9. The van der Waals surface area contributed by atoms with E-state index in [4.69, 9.17) is 9.47 Å². The van der Waals surface area contributed by atoms with Gasteiger partial charge in [-0.2, -0.15) is 0 Å². The van der Waals surface area contributed by atoms with Crippen LogP contribution >= 0.6 is 0 Å². The van der Waals surface area contributed by atoms with E-state index >= 15 is 0 Å². The van der Waals surface area contributed by atoms with Crippen molar-refractivity contribution in [3.63, 3.8) is 0 Å². The summed E-state index contributed by atoms with van der Waals surface area (Å²) in [5.74, 6) is 0.313. The lowest BCUT2D eigenvalue weighted by Gasteiger charge is -2.22. The van der Waals surface area contributed by atoms with Crippen LogP contribution in [0.5, 0.6) is 0 Å². The van der Waals surface area contributed by atoms with E-state index in [9.17, 15) is 19.7 Å². The Bertz CT molecular complexity index is 991. The maximum atomic E-state index is 12.8. The third kappa shape index (κ3) is 40.2. The van der Waals surface area contributed by atoms with E-state index in [2.05, 4.69) is 42.4 Å². The second-order valence-electron chi connectivity index (χ2n) is 16.5. The first kappa shape index (κ1) is 55.4. The van der Waals surface area contributed by atoms with Gasteiger partial charge in [0.25, 0.3) is 6.20 Å². The van der Waals surface area contributed by atoms with Crippen molar-refractivity contribution >= 4 is 11.9 Å². The van der Waals surface area contributed by atoms with Gasteiger partial charge in [0.2, 0.25) is 0 Å². The van der Waals surface area contributed by atoms with Gasteiger partial charge in [-0.05, 0) is 90.3 Å². The van der Waals surface area contributed by atoms with Crippen molar-refractivity contribution in [2.45, 2.75) is 232 Å². The van der Waals surface area contributed by atoms with E-state index in [1.165, 1.54) is 89.9 Å². The molecule has 0 aromatic rings. The second kappa shape index (κ2) is 43.9. The molecule has 0 radical (unpaired) electrons. The highest BCUT2D eigenvalue weighted by atomic mass is 16.6.